The molecule has 1 fully saturated rings. The summed E-state index contributed by atoms with van der Waals surface area (Å²) in [4.78, 5) is 4.65. The molecular weight excluding hydrogens is 224 g/mol. The summed E-state index contributed by atoms with van der Waals surface area (Å²) in [5.74, 6) is 0. The zero-order chi connectivity index (χ0) is 13.5. The van der Waals surface area contributed by atoms with Crippen LogP contribution in [0.15, 0.2) is 0 Å². The van der Waals surface area contributed by atoms with Crippen LogP contribution in [0.3, 0.4) is 0 Å². The molecule has 0 bridgehead atoms. The first kappa shape index (κ1) is 15.9. The Hall–Kier alpha value is -0.120. The van der Waals surface area contributed by atoms with Crippen molar-refractivity contribution >= 4 is 0 Å². The van der Waals surface area contributed by atoms with E-state index in [2.05, 4.69) is 37.7 Å². The van der Waals surface area contributed by atoms with Crippen LogP contribution in [0.2, 0.25) is 0 Å². The predicted molar refractivity (Wildman–Crippen MR) is 77.9 cm³/mol. The maximum atomic E-state index is 10.2. The molecule has 0 saturated heterocycles. The molecule has 1 saturated carbocycles. The van der Waals surface area contributed by atoms with Crippen LogP contribution < -0.4 is 0 Å². The van der Waals surface area contributed by atoms with Crippen LogP contribution in [-0.2, 0) is 0 Å². The van der Waals surface area contributed by atoms with Crippen LogP contribution in [0.5, 0.6) is 0 Å². The molecule has 0 amide bonds. The number of nitrogens with zero attached hydrogens (tertiary/aromatic N) is 2. The van der Waals surface area contributed by atoms with Gasteiger partial charge in [-0.25, -0.2) is 0 Å². The van der Waals surface area contributed by atoms with Crippen molar-refractivity contribution in [3.05, 3.63) is 0 Å². The Morgan fingerprint density at radius 2 is 1.78 bits per heavy atom. The number of aliphatic hydroxyl groups is 1. The van der Waals surface area contributed by atoms with Gasteiger partial charge in [0.2, 0.25) is 0 Å². The molecule has 1 rings (SSSR count). The lowest BCUT2D eigenvalue weighted by molar-refractivity contribution is 0.0652. The van der Waals surface area contributed by atoms with E-state index in [9.17, 15) is 5.11 Å². The molecule has 0 aromatic rings. The van der Waals surface area contributed by atoms with E-state index >= 15 is 0 Å². The average molecular weight is 256 g/mol. The van der Waals surface area contributed by atoms with Crippen molar-refractivity contribution in [1.29, 1.82) is 0 Å². The number of likely N-dealkylation sites (N-methyl/N-ethyl adjacent to an activating group) is 2. The maximum absolute atomic E-state index is 10.2. The minimum atomic E-state index is -0.222. The second kappa shape index (κ2) is 8.13. The van der Waals surface area contributed by atoms with Crippen molar-refractivity contribution in [3.63, 3.8) is 0 Å². The van der Waals surface area contributed by atoms with Gasteiger partial charge >= 0.3 is 0 Å². The van der Waals surface area contributed by atoms with E-state index in [0.717, 1.165) is 13.1 Å². The van der Waals surface area contributed by atoms with Crippen molar-refractivity contribution in [2.45, 2.75) is 70.6 Å². The van der Waals surface area contributed by atoms with Gasteiger partial charge in [0, 0.05) is 25.2 Å². The third-order valence-electron chi connectivity index (χ3n) is 4.40. The third-order valence-corrected chi connectivity index (χ3v) is 4.40. The molecule has 0 spiro atoms. The Balaban J connectivity index is 2.24. The fourth-order valence-corrected chi connectivity index (χ4v) is 3.03. The maximum Gasteiger partial charge on any atom is 0.0793 e. The molecule has 3 nitrogen and oxygen atoms in total. The van der Waals surface area contributed by atoms with E-state index in [1.807, 2.05) is 0 Å². The third kappa shape index (κ3) is 5.25. The lowest BCUT2D eigenvalue weighted by Crippen LogP contribution is -2.43. The summed E-state index contributed by atoms with van der Waals surface area (Å²) in [6.07, 6.45) is 7.54. The molecule has 1 aliphatic carbocycles. The van der Waals surface area contributed by atoms with Gasteiger partial charge in [0.1, 0.15) is 0 Å². The summed E-state index contributed by atoms with van der Waals surface area (Å²) in [5, 5.41) is 10.2. The van der Waals surface area contributed by atoms with E-state index in [0.29, 0.717) is 12.1 Å². The first-order chi connectivity index (χ1) is 8.54. The minimum absolute atomic E-state index is 0.222. The van der Waals surface area contributed by atoms with E-state index in [-0.39, 0.29) is 6.10 Å². The Bertz CT molecular complexity index is 217. The van der Waals surface area contributed by atoms with Gasteiger partial charge < -0.3 is 14.9 Å². The summed E-state index contributed by atoms with van der Waals surface area (Å²) >= 11 is 0. The van der Waals surface area contributed by atoms with E-state index in [4.69, 9.17) is 0 Å². The molecule has 0 aromatic carbocycles. The van der Waals surface area contributed by atoms with Gasteiger partial charge in [-0.3, -0.25) is 0 Å². The van der Waals surface area contributed by atoms with Gasteiger partial charge in [-0.1, -0.05) is 26.2 Å². The molecule has 1 N–H and O–H groups in total. The Morgan fingerprint density at radius 1 is 1.17 bits per heavy atom. The fourth-order valence-electron chi connectivity index (χ4n) is 3.03. The molecule has 18 heavy (non-hydrogen) atoms. The highest BCUT2D eigenvalue weighted by Crippen LogP contribution is 2.22. The minimum Gasteiger partial charge on any atom is -0.390 e. The summed E-state index contributed by atoms with van der Waals surface area (Å²) in [7, 11) is 4.29. The smallest absolute Gasteiger partial charge is 0.0793 e. The zero-order valence-electron chi connectivity index (χ0n) is 12.7. The normalized spacial score (nSPS) is 20.8. The molecule has 0 radical (unpaired) electrons. The number of rotatable bonds is 8. The summed E-state index contributed by atoms with van der Waals surface area (Å²) in [6.45, 7) is 6.07. The number of hydrogen-bond donors (Lipinski definition) is 1. The molecule has 1 aliphatic rings. The van der Waals surface area contributed by atoms with Crippen LogP contribution in [-0.4, -0.2) is 60.3 Å². The van der Waals surface area contributed by atoms with Gasteiger partial charge in [-0.15, -0.1) is 0 Å². The van der Waals surface area contributed by atoms with E-state index in [1.165, 1.54) is 38.5 Å². The summed E-state index contributed by atoms with van der Waals surface area (Å²) in [6, 6.07) is 1.28. The Kier molecular flexibility index (Phi) is 7.20. The van der Waals surface area contributed by atoms with Crippen molar-refractivity contribution in [2.24, 2.45) is 0 Å². The van der Waals surface area contributed by atoms with Crippen LogP contribution >= 0.6 is 0 Å². The van der Waals surface area contributed by atoms with Gasteiger partial charge in [-0.05, 0) is 40.3 Å². The molecule has 2 atom stereocenters. The first-order valence-corrected chi connectivity index (χ1v) is 7.63. The highest BCUT2D eigenvalue weighted by atomic mass is 16.3. The van der Waals surface area contributed by atoms with Crippen molar-refractivity contribution in [1.82, 2.24) is 9.80 Å². The van der Waals surface area contributed by atoms with Gasteiger partial charge in [-0.2, -0.15) is 0 Å². The highest BCUT2D eigenvalue weighted by Gasteiger charge is 2.22. The lowest BCUT2D eigenvalue weighted by Gasteiger charge is -2.30. The molecule has 0 heterocycles. The highest BCUT2D eigenvalue weighted by molar-refractivity contribution is 4.78. The van der Waals surface area contributed by atoms with Gasteiger partial charge in [0.05, 0.1) is 6.10 Å². The topological polar surface area (TPSA) is 26.7 Å². The predicted octanol–water partition coefficient (Wildman–Crippen LogP) is 2.34. The zero-order valence-corrected chi connectivity index (χ0v) is 12.7. The molecule has 3 heteroatoms. The standard InChI is InChI=1S/C15H32N2O/c1-5-8-13(2)16(3)11-15(18)12-17(4)14-9-6-7-10-14/h13-15,18H,5-12H2,1-4H3/t13-,15?/m0/s1. The van der Waals surface area contributed by atoms with Crippen molar-refractivity contribution < 1.29 is 5.11 Å². The molecule has 108 valence electrons. The van der Waals surface area contributed by atoms with Crippen LogP contribution in [0.25, 0.3) is 0 Å². The van der Waals surface area contributed by atoms with Crippen molar-refractivity contribution in [2.75, 3.05) is 27.2 Å². The monoisotopic (exact) mass is 256 g/mol. The number of aliphatic hydroxyl groups excluding tert-OH is 1. The van der Waals surface area contributed by atoms with E-state index in [1.54, 1.807) is 0 Å². The average Bonchev–Trinajstić information content (AvgIpc) is 2.82. The summed E-state index contributed by atoms with van der Waals surface area (Å²) < 4.78 is 0. The Labute approximate surface area is 113 Å². The van der Waals surface area contributed by atoms with Gasteiger partial charge in [0.25, 0.3) is 0 Å². The van der Waals surface area contributed by atoms with Crippen LogP contribution in [0.4, 0.5) is 0 Å². The lowest BCUT2D eigenvalue weighted by atomic mass is 10.1. The second-order valence-electron chi connectivity index (χ2n) is 6.11. The van der Waals surface area contributed by atoms with E-state index < -0.39 is 0 Å². The van der Waals surface area contributed by atoms with Crippen LogP contribution in [0, 0.1) is 0 Å². The molecule has 0 aromatic heterocycles. The van der Waals surface area contributed by atoms with Crippen molar-refractivity contribution in [3.8, 4) is 0 Å². The molecular formula is C15H32N2O. The number of hydrogen-bond acceptors (Lipinski definition) is 3. The fraction of sp³-hybridized carbons (Fsp3) is 1.00. The second-order valence-corrected chi connectivity index (χ2v) is 6.11. The Morgan fingerprint density at radius 3 is 2.33 bits per heavy atom. The van der Waals surface area contributed by atoms with Gasteiger partial charge in [0.15, 0.2) is 0 Å². The van der Waals surface area contributed by atoms with Crippen LogP contribution in [0.1, 0.15) is 52.4 Å². The largest absolute Gasteiger partial charge is 0.390 e. The molecule has 0 aliphatic heterocycles. The summed E-state index contributed by atoms with van der Waals surface area (Å²) in [5.41, 5.74) is 0. The molecule has 1 unspecified atom stereocenters. The SMILES string of the molecule is CCC[C@H](C)N(C)CC(O)CN(C)C1CCCC1. The first-order valence-electron chi connectivity index (χ1n) is 7.63. The quantitative estimate of drug-likeness (QED) is 0.722.